The molecule has 0 saturated heterocycles. The summed E-state index contributed by atoms with van der Waals surface area (Å²) in [5, 5.41) is 113. The smallest absolute Gasteiger partial charge is 0.305 e. The van der Waals surface area contributed by atoms with E-state index >= 15 is 0 Å². The lowest BCUT2D eigenvalue weighted by Crippen LogP contribution is -2.59. The number of rotatable bonds is 3. The molecule has 6 aromatic carbocycles. The van der Waals surface area contributed by atoms with E-state index in [1.807, 2.05) is 0 Å². The Labute approximate surface area is 338 Å². The Balaban J connectivity index is 1.17. The molecular weight excluding hydrogens is 780 g/mol. The van der Waals surface area contributed by atoms with E-state index in [4.69, 9.17) is 23.7 Å². The molecule has 5 aliphatic heterocycles. The van der Waals surface area contributed by atoms with Crippen molar-refractivity contribution < 1.29 is 74.7 Å². The third-order valence-corrected chi connectivity index (χ3v) is 12.2. The molecule has 0 fully saturated rings. The zero-order chi connectivity index (χ0) is 41.6. The fraction of sp³-hybridized carbons (Fsp3) is 0.200. The summed E-state index contributed by atoms with van der Waals surface area (Å²) in [6.07, 6.45) is -5.66. The molecule has 5 aliphatic rings. The largest absolute Gasteiger partial charge is 0.508 e. The van der Waals surface area contributed by atoms with Crippen LogP contribution in [0, 0.1) is 0 Å². The lowest BCUT2D eigenvalue weighted by Gasteiger charge is -2.52. The van der Waals surface area contributed by atoms with Crippen LogP contribution in [0.4, 0.5) is 0 Å². The van der Waals surface area contributed by atoms with E-state index in [0.29, 0.717) is 5.56 Å². The summed E-state index contributed by atoms with van der Waals surface area (Å²) in [6, 6.07) is 22.4. The van der Waals surface area contributed by atoms with E-state index in [1.54, 1.807) is 12.1 Å². The molecule has 8 atom stereocenters. The number of aliphatic hydroxyl groups is 3. The molecule has 10 N–H and O–H groups in total. The van der Waals surface area contributed by atoms with Crippen molar-refractivity contribution in [2.75, 3.05) is 0 Å². The lowest BCUT2D eigenvalue weighted by atomic mass is 9.70. The molecule has 15 heteroatoms. The van der Waals surface area contributed by atoms with Crippen molar-refractivity contribution in [2.45, 2.75) is 54.2 Å². The van der Waals surface area contributed by atoms with Crippen molar-refractivity contribution in [3.63, 3.8) is 0 Å². The van der Waals surface area contributed by atoms with Crippen molar-refractivity contribution >= 4 is 0 Å². The van der Waals surface area contributed by atoms with Crippen LogP contribution >= 0.6 is 0 Å². The van der Waals surface area contributed by atoms with Gasteiger partial charge in [-0.1, -0.05) is 12.1 Å². The Hall–Kier alpha value is -7.20. The molecule has 304 valence electrons. The molecule has 0 radical (unpaired) electrons. The molecule has 5 heterocycles. The highest BCUT2D eigenvalue weighted by atomic mass is 16.7. The van der Waals surface area contributed by atoms with E-state index < -0.39 is 59.3 Å². The summed E-state index contributed by atoms with van der Waals surface area (Å²) in [7, 11) is 0. The van der Waals surface area contributed by atoms with E-state index in [1.165, 1.54) is 78.9 Å². The highest BCUT2D eigenvalue weighted by molar-refractivity contribution is 5.72. The molecule has 4 bridgehead atoms. The number of fused-ring (bicyclic) bond motifs is 14. The van der Waals surface area contributed by atoms with E-state index in [9.17, 15) is 51.1 Å². The van der Waals surface area contributed by atoms with Crippen LogP contribution in [0.1, 0.15) is 62.4 Å². The van der Waals surface area contributed by atoms with Crippen LogP contribution in [-0.4, -0.2) is 69.4 Å². The van der Waals surface area contributed by atoms with E-state index in [-0.39, 0.29) is 103 Å². The first kappa shape index (κ1) is 35.9. The fourth-order valence-electron chi connectivity index (χ4n) is 9.54. The van der Waals surface area contributed by atoms with Crippen molar-refractivity contribution in [1.29, 1.82) is 0 Å². The molecule has 0 amide bonds. The third kappa shape index (κ3) is 4.75. The summed E-state index contributed by atoms with van der Waals surface area (Å²) in [5.41, 5.74) is 1.29. The molecule has 0 spiro atoms. The van der Waals surface area contributed by atoms with Gasteiger partial charge in [-0.05, 0) is 66.2 Å². The first-order chi connectivity index (χ1) is 28.8. The number of phenols is 7. The Morgan fingerprint density at radius 2 is 0.933 bits per heavy atom. The van der Waals surface area contributed by atoms with E-state index in [0.717, 1.165) is 6.07 Å². The van der Waals surface area contributed by atoms with Crippen LogP contribution in [-0.2, 0) is 18.0 Å². The number of aliphatic hydroxyl groups excluding tert-OH is 3. The highest BCUT2D eigenvalue weighted by Crippen LogP contribution is 2.66. The van der Waals surface area contributed by atoms with Crippen LogP contribution in [0.2, 0.25) is 0 Å². The SMILES string of the molecule is Oc1ccc(C2Oc3c(c(O)cc4c3C3c5c(cc6c(c5O)C5c7c(O)cc(O)cc7OC(c7ccc(O)cc7)(O6)C5O)OC(c5ccc(O)cc5)(O4)C3O)CC2O)cc1. The van der Waals surface area contributed by atoms with Gasteiger partial charge in [0.05, 0.1) is 17.9 Å². The molecule has 0 saturated carbocycles. The number of hydrogen-bond acceptors (Lipinski definition) is 15. The Bertz CT molecular complexity index is 2770. The molecule has 15 nitrogen and oxygen atoms in total. The summed E-state index contributed by atoms with van der Waals surface area (Å²) >= 11 is 0. The Morgan fingerprint density at radius 3 is 1.47 bits per heavy atom. The Kier molecular flexibility index (Phi) is 7.29. The van der Waals surface area contributed by atoms with Gasteiger partial charge in [-0.3, -0.25) is 0 Å². The fourth-order valence-corrected chi connectivity index (χ4v) is 9.54. The summed E-state index contributed by atoms with van der Waals surface area (Å²) in [4.78, 5) is 0. The average molecular weight is 815 g/mol. The first-order valence-electron chi connectivity index (χ1n) is 19.0. The Morgan fingerprint density at radius 1 is 0.467 bits per heavy atom. The maximum Gasteiger partial charge on any atom is 0.305 e. The number of benzene rings is 6. The standard InChI is InChI=1S/C45H34O15/c46-21-7-1-18(2-8-21)40-28(52)15-25-26(50)16-30-36(41(25)56-40)38-35-32(60-45(58-30,43(38)55)20-5-11-23(48)12-6-20)17-31-34(39(35)53)37-33-27(51)13-24(49)14-29(33)57-44(59-31,42(37)54)19-3-9-22(47)10-4-19/h1-14,16-17,28,37-38,40,42-43,46-55H,15H2. The summed E-state index contributed by atoms with van der Waals surface area (Å²) < 4.78 is 32.7. The van der Waals surface area contributed by atoms with Gasteiger partial charge in [-0.25, -0.2) is 0 Å². The minimum atomic E-state index is -2.10. The topological polar surface area (TPSA) is 248 Å². The van der Waals surface area contributed by atoms with Crippen LogP contribution in [0.5, 0.6) is 69.0 Å². The normalized spacial score (nSPS) is 27.4. The van der Waals surface area contributed by atoms with Crippen LogP contribution in [0.3, 0.4) is 0 Å². The molecule has 11 rings (SSSR count). The van der Waals surface area contributed by atoms with Gasteiger partial charge < -0.3 is 74.7 Å². The molecule has 0 aliphatic carbocycles. The lowest BCUT2D eigenvalue weighted by molar-refractivity contribution is -0.223. The maximum atomic E-state index is 12.8. The number of ether oxygens (including phenoxy) is 5. The minimum absolute atomic E-state index is 0.00830. The van der Waals surface area contributed by atoms with Crippen molar-refractivity contribution in [3.8, 4) is 69.0 Å². The zero-order valence-corrected chi connectivity index (χ0v) is 30.9. The molecule has 60 heavy (non-hydrogen) atoms. The van der Waals surface area contributed by atoms with Gasteiger partial charge in [0.2, 0.25) is 0 Å². The highest BCUT2D eigenvalue weighted by Gasteiger charge is 2.63. The second-order valence-electron chi connectivity index (χ2n) is 15.6. The number of aromatic hydroxyl groups is 7. The van der Waals surface area contributed by atoms with Crippen LogP contribution < -0.4 is 23.7 Å². The van der Waals surface area contributed by atoms with Crippen molar-refractivity contribution in [2.24, 2.45) is 0 Å². The minimum Gasteiger partial charge on any atom is -0.508 e. The summed E-state index contributed by atoms with van der Waals surface area (Å²) in [5.74, 6) is -8.75. The van der Waals surface area contributed by atoms with Gasteiger partial charge in [0.1, 0.15) is 87.3 Å². The first-order valence-corrected chi connectivity index (χ1v) is 19.0. The predicted molar refractivity (Wildman–Crippen MR) is 205 cm³/mol. The van der Waals surface area contributed by atoms with Gasteiger partial charge in [-0.2, -0.15) is 0 Å². The van der Waals surface area contributed by atoms with Crippen LogP contribution in [0.25, 0.3) is 0 Å². The maximum absolute atomic E-state index is 12.8. The molecular formula is C45H34O15. The second-order valence-corrected chi connectivity index (χ2v) is 15.6. The summed E-state index contributed by atoms with van der Waals surface area (Å²) in [6.45, 7) is 0. The third-order valence-electron chi connectivity index (χ3n) is 12.2. The van der Waals surface area contributed by atoms with E-state index in [2.05, 4.69) is 0 Å². The van der Waals surface area contributed by atoms with Gasteiger partial charge in [0, 0.05) is 69.6 Å². The number of hydrogen-bond donors (Lipinski definition) is 10. The van der Waals surface area contributed by atoms with Gasteiger partial charge in [-0.15, -0.1) is 0 Å². The molecule has 8 unspecified atom stereocenters. The van der Waals surface area contributed by atoms with Crippen molar-refractivity contribution in [1.82, 2.24) is 0 Å². The second kappa shape index (κ2) is 12.2. The quantitative estimate of drug-likeness (QED) is 0.114. The van der Waals surface area contributed by atoms with Gasteiger partial charge in [0.25, 0.3) is 0 Å². The monoisotopic (exact) mass is 814 g/mol. The van der Waals surface area contributed by atoms with Crippen molar-refractivity contribution in [3.05, 3.63) is 142 Å². The average Bonchev–Trinajstić information content (AvgIpc) is 3.20. The number of phenolic OH excluding ortho intramolecular Hbond substituents is 7. The zero-order valence-electron chi connectivity index (χ0n) is 30.9. The molecule has 0 aromatic heterocycles. The van der Waals surface area contributed by atoms with Gasteiger partial charge in [0.15, 0.2) is 0 Å². The predicted octanol–water partition coefficient (Wildman–Crippen LogP) is 4.92. The van der Waals surface area contributed by atoms with Gasteiger partial charge >= 0.3 is 11.6 Å². The van der Waals surface area contributed by atoms with Crippen LogP contribution in [0.15, 0.2) is 97.1 Å². The molecule has 6 aromatic rings.